The van der Waals surface area contributed by atoms with Gasteiger partial charge >= 0.3 is 5.97 Å². The molecule has 0 spiro atoms. The number of hydrogen-bond acceptors (Lipinski definition) is 9. The van der Waals surface area contributed by atoms with Crippen LogP contribution in [0.25, 0.3) is 11.5 Å². The van der Waals surface area contributed by atoms with Crippen molar-refractivity contribution in [1.82, 2.24) is 35.5 Å². The summed E-state index contributed by atoms with van der Waals surface area (Å²) in [4.78, 5) is 43.1. The minimum Gasteiger partial charge on any atom is -0.477 e. The normalized spacial score (nSPS) is 15.9. The molecule has 0 aromatic carbocycles. The van der Waals surface area contributed by atoms with Crippen molar-refractivity contribution in [2.24, 2.45) is 7.05 Å². The lowest BCUT2D eigenvalue weighted by atomic mass is 10.1. The Morgan fingerprint density at radius 2 is 2.12 bits per heavy atom. The molecule has 3 aromatic heterocycles. The van der Waals surface area contributed by atoms with E-state index in [1.54, 1.807) is 25.1 Å². The molecule has 1 aliphatic heterocycles. The maximum Gasteiger partial charge on any atom is 0.348 e. The van der Waals surface area contributed by atoms with Gasteiger partial charge in [-0.3, -0.25) is 15.1 Å². The quantitative estimate of drug-likeness (QED) is 0.340. The van der Waals surface area contributed by atoms with Gasteiger partial charge in [0.15, 0.2) is 11.0 Å². The van der Waals surface area contributed by atoms with E-state index in [0.717, 1.165) is 11.3 Å². The predicted octanol–water partition coefficient (Wildman–Crippen LogP) is 2.58. The van der Waals surface area contributed by atoms with E-state index < -0.39 is 17.9 Å². The minimum absolute atomic E-state index is 0.0461. The predicted molar refractivity (Wildman–Crippen MR) is 126 cm³/mol. The van der Waals surface area contributed by atoms with Gasteiger partial charge in [0, 0.05) is 25.5 Å². The maximum absolute atomic E-state index is 12.8. The number of carboxylic acid groups (broad SMARTS) is 1. The number of carbonyl (C=O) groups is 2. The molecule has 1 unspecified atom stereocenters. The zero-order chi connectivity index (χ0) is 24.6. The van der Waals surface area contributed by atoms with Crippen molar-refractivity contribution < 1.29 is 19.5 Å². The van der Waals surface area contributed by atoms with E-state index in [0.29, 0.717) is 40.3 Å². The van der Waals surface area contributed by atoms with Gasteiger partial charge in [-0.05, 0) is 13.3 Å². The molecule has 1 amide bonds. The molecule has 34 heavy (non-hydrogen) atoms. The number of hydrogen-bond donors (Lipinski definition) is 4. The molecular weight excluding hydrogens is 507 g/mol. The number of H-pyrrole nitrogens is 1. The number of rotatable bonds is 7. The van der Waals surface area contributed by atoms with Gasteiger partial charge in [-0.25, -0.2) is 19.4 Å². The second kappa shape index (κ2) is 9.62. The Balaban J connectivity index is 1.61. The van der Waals surface area contributed by atoms with E-state index in [4.69, 9.17) is 28.0 Å². The first kappa shape index (κ1) is 24.0. The molecule has 0 fully saturated rings. The number of aromatic amines is 1. The van der Waals surface area contributed by atoms with Crippen molar-refractivity contribution >= 4 is 51.5 Å². The molecule has 1 atom stereocenters. The lowest BCUT2D eigenvalue weighted by molar-refractivity contribution is 0.0702. The summed E-state index contributed by atoms with van der Waals surface area (Å²) in [6, 6.07) is -0.431. The standard InChI is InChI=1S/C19H20Cl2N8O4S/c1-8-11(20)12(21)13(24-8)17(30)25-9-4-5-29(6-10(9)27-33-3)19-26-14(15(34-19)18(31)32)16-22-7-23-28(16)2/h6-7,9,24,27H,4-5H2,1-3H3,(H,25,30)(H,31,32). The van der Waals surface area contributed by atoms with E-state index in [-0.39, 0.29) is 21.3 Å². The number of nitrogens with zero attached hydrogens (tertiary/aromatic N) is 5. The second-order valence-corrected chi connectivity index (χ2v) is 9.07. The average molecular weight is 527 g/mol. The van der Waals surface area contributed by atoms with E-state index >= 15 is 0 Å². The molecule has 3 aromatic rings. The summed E-state index contributed by atoms with van der Waals surface area (Å²) in [6.07, 6.45) is 3.51. The highest BCUT2D eigenvalue weighted by molar-refractivity contribution is 7.17. The summed E-state index contributed by atoms with van der Waals surface area (Å²) in [5.41, 5.74) is 4.30. The molecule has 0 saturated heterocycles. The first-order chi connectivity index (χ1) is 16.2. The van der Waals surface area contributed by atoms with Crippen LogP contribution < -0.4 is 15.7 Å². The third-order valence-electron chi connectivity index (χ3n) is 5.11. The first-order valence-electron chi connectivity index (χ1n) is 9.91. The van der Waals surface area contributed by atoms with Crippen LogP contribution in [0.5, 0.6) is 0 Å². The highest BCUT2D eigenvalue weighted by atomic mass is 35.5. The van der Waals surface area contributed by atoms with Gasteiger partial charge in [0.1, 0.15) is 22.6 Å². The summed E-state index contributed by atoms with van der Waals surface area (Å²) < 4.78 is 1.46. The third kappa shape index (κ3) is 4.46. The Morgan fingerprint density at radius 3 is 2.71 bits per heavy atom. The average Bonchev–Trinajstić information content (AvgIpc) is 3.49. The molecule has 180 valence electrons. The monoisotopic (exact) mass is 526 g/mol. The molecule has 0 saturated carbocycles. The van der Waals surface area contributed by atoms with Crippen LogP contribution >= 0.6 is 34.5 Å². The molecule has 1 aliphatic rings. The van der Waals surface area contributed by atoms with E-state index in [2.05, 4.69) is 30.8 Å². The number of halogens is 2. The van der Waals surface area contributed by atoms with Crippen molar-refractivity contribution in [2.45, 2.75) is 19.4 Å². The summed E-state index contributed by atoms with van der Waals surface area (Å²) in [6.45, 7) is 2.17. The van der Waals surface area contributed by atoms with Gasteiger partial charge in [0.05, 0.1) is 28.9 Å². The zero-order valence-corrected chi connectivity index (χ0v) is 20.5. The Morgan fingerprint density at radius 1 is 1.35 bits per heavy atom. The number of aromatic carboxylic acids is 1. The number of amides is 1. The van der Waals surface area contributed by atoms with Crippen LogP contribution in [0.1, 0.15) is 32.3 Å². The molecule has 4 rings (SSSR count). The smallest absolute Gasteiger partial charge is 0.348 e. The topological polar surface area (TPSA) is 150 Å². The minimum atomic E-state index is -1.11. The van der Waals surface area contributed by atoms with Crippen LogP contribution in [-0.4, -0.2) is 61.4 Å². The maximum atomic E-state index is 12.8. The van der Waals surface area contributed by atoms with Crippen molar-refractivity contribution in [2.75, 3.05) is 18.6 Å². The Labute approximate surface area is 207 Å². The van der Waals surface area contributed by atoms with Crippen LogP contribution in [0.3, 0.4) is 0 Å². The molecule has 0 bridgehead atoms. The molecule has 4 heterocycles. The van der Waals surface area contributed by atoms with Crippen molar-refractivity contribution in [3.8, 4) is 11.5 Å². The summed E-state index contributed by atoms with van der Waals surface area (Å²) >= 11 is 13.3. The fourth-order valence-corrected chi connectivity index (χ4v) is 4.78. The molecular formula is C19H20Cl2N8O4S. The van der Waals surface area contributed by atoms with Crippen LogP contribution in [-0.2, 0) is 11.9 Å². The van der Waals surface area contributed by atoms with Gasteiger partial charge in [-0.1, -0.05) is 34.5 Å². The Kier molecular flexibility index (Phi) is 6.79. The van der Waals surface area contributed by atoms with Crippen LogP contribution in [0.4, 0.5) is 5.13 Å². The van der Waals surface area contributed by atoms with E-state index in [9.17, 15) is 14.7 Å². The Bertz CT molecular complexity index is 1280. The number of aromatic nitrogens is 5. The van der Waals surface area contributed by atoms with Crippen LogP contribution in [0, 0.1) is 6.92 Å². The lowest BCUT2D eigenvalue weighted by Gasteiger charge is -2.31. The zero-order valence-electron chi connectivity index (χ0n) is 18.2. The molecule has 15 heteroatoms. The van der Waals surface area contributed by atoms with Gasteiger partial charge in [0.25, 0.3) is 5.91 Å². The molecule has 4 N–H and O–H groups in total. The number of carboxylic acids is 1. The fourth-order valence-electron chi connectivity index (χ4n) is 3.46. The van der Waals surface area contributed by atoms with E-state index in [1.807, 2.05) is 0 Å². The Hall–Kier alpha value is -3.13. The molecule has 0 aliphatic carbocycles. The molecule has 0 radical (unpaired) electrons. The van der Waals surface area contributed by atoms with E-state index in [1.165, 1.54) is 18.1 Å². The molecule has 12 nitrogen and oxygen atoms in total. The fraction of sp³-hybridized carbons (Fsp3) is 0.316. The van der Waals surface area contributed by atoms with Crippen molar-refractivity contribution in [3.05, 3.63) is 44.5 Å². The summed E-state index contributed by atoms with van der Waals surface area (Å²) in [7, 11) is 3.11. The van der Waals surface area contributed by atoms with Gasteiger partial charge in [-0.15, -0.1) is 0 Å². The highest BCUT2D eigenvalue weighted by Crippen LogP contribution is 2.34. The number of aryl methyl sites for hydroxylation is 2. The largest absolute Gasteiger partial charge is 0.477 e. The van der Waals surface area contributed by atoms with Crippen LogP contribution in [0.2, 0.25) is 10.0 Å². The number of thiazole rings is 1. The second-order valence-electron chi connectivity index (χ2n) is 7.34. The summed E-state index contributed by atoms with van der Waals surface area (Å²) in [5, 5.41) is 17.5. The van der Waals surface area contributed by atoms with Crippen molar-refractivity contribution in [3.63, 3.8) is 0 Å². The van der Waals surface area contributed by atoms with Gasteiger partial charge < -0.3 is 20.3 Å². The van der Waals surface area contributed by atoms with Gasteiger partial charge in [0.2, 0.25) is 0 Å². The number of hydroxylamine groups is 1. The number of carbonyl (C=O) groups excluding carboxylic acids is 1. The number of anilines is 1. The third-order valence-corrected chi connectivity index (χ3v) is 7.14. The van der Waals surface area contributed by atoms with Gasteiger partial charge in [-0.2, -0.15) is 5.10 Å². The SMILES string of the molecule is CONC1=CN(c2nc(-c3ncnn3C)c(C(=O)O)s2)CCC1NC(=O)c1[nH]c(C)c(Cl)c1Cl. The lowest BCUT2D eigenvalue weighted by Crippen LogP contribution is -2.45. The first-order valence-corrected chi connectivity index (χ1v) is 11.5. The number of nitrogens with one attached hydrogen (secondary N) is 3. The van der Waals surface area contributed by atoms with Crippen LogP contribution in [0.15, 0.2) is 18.2 Å². The van der Waals surface area contributed by atoms with Crippen molar-refractivity contribution in [1.29, 1.82) is 0 Å². The summed E-state index contributed by atoms with van der Waals surface area (Å²) in [5.74, 6) is -1.19. The highest BCUT2D eigenvalue weighted by Gasteiger charge is 2.30.